The van der Waals surface area contributed by atoms with Gasteiger partial charge in [0.15, 0.2) is 0 Å². The molecule has 5 nitrogen and oxygen atoms in total. The van der Waals surface area contributed by atoms with Crippen molar-refractivity contribution in [3.8, 4) is 0 Å². The van der Waals surface area contributed by atoms with Crippen LogP contribution in [0.5, 0.6) is 0 Å². The van der Waals surface area contributed by atoms with Gasteiger partial charge < -0.3 is 10.2 Å². The van der Waals surface area contributed by atoms with Gasteiger partial charge in [-0.15, -0.1) is 5.10 Å². The topological polar surface area (TPSA) is 46.0 Å². The summed E-state index contributed by atoms with van der Waals surface area (Å²) in [6.45, 7) is 4.62. The molecule has 0 radical (unpaired) electrons. The average molecular weight is 277 g/mol. The lowest BCUT2D eigenvalue weighted by Crippen LogP contribution is -2.26. The van der Waals surface area contributed by atoms with E-state index in [0.717, 1.165) is 11.4 Å². The molecule has 0 aliphatic carbocycles. The Morgan fingerprint density at radius 1 is 1.40 bits per heavy atom. The molecule has 20 heavy (non-hydrogen) atoms. The van der Waals surface area contributed by atoms with Crippen molar-refractivity contribution in [3.63, 3.8) is 0 Å². The molecule has 0 aliphatic rings. The van der Waals surface area contributed by atoms with Gasteiger partial charge >= 0.3 is 0 Å². The van der Waals surface area contributed by atoms with Gasteiger partial charge in [0.1, 0.15) is 5.82 Å². The van der Waals surface area contributed by atoms with Gasteiger partial charge in [0.2, 0.25) is 0 Å². The molecule has 0 saturated heterocycles. The SMILES string of the molecule is CC(C)N(C)c1ccc(NCc2cnnn2C)cc1F. The fraction of sp³-hybridized carbons (Fsp3) is 0.429. The number of hydrogen-bond acceptors (Lipinski definition) is 4. The third-order valence-electron chi connectivity index (χ3n) is 3.38. The van der Waals surface area contributed by atoms with Gasteiger partial charge in [-0.25, -0.2) is 4.39 Å². The van der Waals surface area contributed by atoms with E-state index in [1.54, 1.807) is 16.9 Å². The summed E-state index contributed by atoms with van der Waals surface area (Å²) < 4.78 is 15.8. The maximum atomic E-state index is 14.1. The molecule has 0 fully saturated rings. The van der Waals surface area contributed by atoms with E-state index in [1.807, 2.05) is 38.9 Å². The van der Waals surface area contributed by atoms with E-state index in [4.69, 9.17) is 0 Å². The highest BCUT2D eigenvalue weighted by Crippen LogP contribution is 2.23. The summed E-state index contributed by atoms with van der Waals surface area (Å²) >= 11 is 0. The van der Waals surface area contributed by atoms with Crippen LogP contribution in [0.1, 0.15) is 19.5 Å². The Labute approximate surface area is 118 Å². The minimum absolute atomic E-state index is 0.227. The Morgan fingerprint density at radius 3 is 2.70 bits per heavy atom. The van der Waals surface area contributed by atoms with Gasteiger partial charge in [-0.05, 0) is 32.0 Å². The summed E-state index contributed by atoms with van der Waals surface area (Å²) in [5.41, 5.74) is 2.28. The summed E-state index contributed by atoms with van der Waals surface area (Å²) in [5.74, 6) is -0.227. The van der Waals surface area contributed by atoms with E-state index in [9.17, 15) is 4.39 Å². The molecule has 0 bridgehead atoms. The zero-order chi connectivity index (χ0) is 14.7. The molecule has 0 saturated carbocycles. The van der Waals surface area contributed by atoms with Gasteiger partial charge in [-0.3, -0.25) is 4.68 Å². The van der Waals surface area contributed by atoms with Crippen molar-refractivity contribution >= 4 is 11.4 Å². The number of benzene rings is 1. The zero-order valence-corrected chi connectivity index (χ0v) is 12.3. The van der Waals surface area contributed by atoms with Crippen LogP contribution < -0.4 is 10.2 Å². The number of aryl methyl sites for hydroxylation is 1. The first-order valence-electron chi connectivity index (χ1n) is 6.59. The molecule has 0 unspecified atom stereocenters. The highest BCUT2D eigenvalue weighted by atomic mass is 19.1. The highest BCUT2D eigenvalue weighted by Gasteiger charge is 2.11. The van der Waals surface area contributed by atoms with Gasteiger partial charge in [-0.1, -0.05) is 5.21 Å². The Kier molecular flexibility index (Phi) is 4.22. The van der Waals surface area contributed by atoms with Crippen LogP contribution in [0.2, 0.25) is 0 Å². The number of hydrogen-bond donors (Lipinski definition) is 1. The third kappa shape index (κ3) is 3.07. The van der Waals surface area contributed by atoms with Crippen LogP contribution >= 0.6 is 0 Å². The normalized spacial score (nSPS) is 10.9. The van der Waals surface area contributed by atoms with Crippen molar-refractivity contribution in [3.05, 3.63) is 35.9 Å². The summed E-state index contributed by atoms with van der Waals surface area (Å²) in [5, 5.41) is 10.8. The van der Waals surface area contributed by atoms with E-state index in [1.165, 1.54) is 6.07 Å². The highest BCUT2D eigenvalue weighted by molar-refractivity contribution is 5.56. The molecule has 0 spiro atoms. The first-order valence-corrected chi connectivity index (χ1v) is 6.59. The zero-order valence-electron chi connectivity index (χ0n) is 12.3. The lowest BCUT2D eigenvalue weighted by atomic mass is 10.2. The largest absolute Gasteiger partial charge is 0.379 e. The fourth-order valence-corrected chi connectivity index (χ4v) is 1.84. The number of nitrogens with zero attached hydrogens (tertiary/aromatic N) is 4. The van der Waals surface area contributed by atoms with Crippen LogP contribution in [0, 0.1) is 5.82 Å². The van der Waals surface area contributed by atoms with Crippen LogP contribution in [0.3, 0.4) is 0 Å². The van der Waals surface area contributed by atoms with Gasteiger partial charge in [0.25, 0.3) is 0 Å². The molecule has 1 aromatic carbocycles. The number of nitrogens with one attached hydrogen (secondary N) is 1. The number of halogens is 1. The standard InChI is InChI=1S/C14H20FN5/c1-10(2)19(3)14-6-5-11(7-13(14)15)16-8-12-9-17-18-20(12)4/h5-7,9-10,16H,8H2,1-4H3. The van der Waals surface area contributed by atoms with Crippen molar-refractivity contribution in [1.82, 2.24) is 15.0 Å². The van der Waals surface area contributed by atoms with Crippen molar-refractivity contribution in [2.24, 2.45) is 7.05 Å². The first kappa shape index (κ1) is 14.3. The minimum atomic E-state index is -0.227. The lowest BCUT2D eigenvalue weighted by Gasteiger charge is -2.24. The maximum Gasteiger partial charge on any atom is 0.148 e. The summed E-state index contributed by atoms with van der Waals surface area (Å²) in [6, 6.07) is 5.43. The molecular formula is C14H20FN5. The molecule has 0 atom stereocenters. The molecule has 6 heteroatoms. The molecule has 0 amide bonds. The number of aromatic nitrogens is 3. The van der Waals surface area contributed by atoms with Gasteiger partial charge in [0, 0.05) is 25.8 Å². The second-order valence-electron chi connectivity index (χ2n) is 5.07. The average Bonchev–Trinajstić information content (AvgIpc) is 2.81. The van der Waals surface area contributed by atoms with Crippen molar-refractivity contribution in [2.75, 3.05) is 17.3 Å². The number of anilines is 2. The molecular weight excluding hydrogens is 257 g/mol. The van der Waals surface area contributed by atoms with Crippen LogP contribution in [-0.4, -0.2) is 28.1 Å². The Bertz CT molecular complexity index is 579. The smallest absolute Gasteiger partial charge is 0.148 e. The van der Waals surface area contributed by atoms with Crippen LogP contribution in [0.25, 0.3) is 0 Å². The molecule has 108 valence electrons. The quantitative estimate of drug-likeness (QED) is 0.911. The second-order valence-corrected chi connectivity index (χ2v) is 5.07. The molecule has 1 N–H and O–H groups in total. The summed E-state index contributed by atoms with van der Waals surface area (Å²) in [4.78, 5) is 1.91. The van der Waals surface area contributed by atoms with E-state index < -0.39 is 0 Å². The second kappa shape index (κ2) is 5.90. The summed E-state index contributed by atoms with van der Waals surface area (Å²) in [6.07, 6.45) is 1.68. The fourth-order valence-electron chi connectivity index (χ4n) is 1.84. The maximum absolute atomic E-state index is 14.1. The van der Waals surface area contributed by atoms with E-state index >= 15 is 0 Å². The minimum Gasteiger partial charge on any atom is -0.379 e. The molecule has 0 aliphatic heterocycles. The van der Waals surface area contributed by atoms with Crippen LogP contribution in [0.4, 0.5) is 15.8 Å². The van der Waals surface area contributed by atoms with Crippen molar-refractivity contribution in [1.29, 1.82) is 0 Å². The van der Waals surface area contributed by atoms with E-state index in [-0.39, 0.29) is 11.9 Å². The lowest BCUT2D eigenvalue weighted by molar-refractivity contribution is 0.614. The summed E-state index contributed by atoms with van der Waals surface area (Å²) in [7, 11) is 3.71. The number of rotatable bonds is 5. The third-order valence-corrected chi connectivity index (χ3v) is 3.38. The Hall–Kier alpha value is -2.11. The van der Waals surface area contributed by atoms with Crippen LogP contribution in [0.15, 0.2) is 24.4 Å². The molecule has 1 heterocycles. The van der Waals surface area contributed by atoms with E-state index in [2.05, 4.69) is 15.6 Å². The van der Waals surface area contributed by atoms with Gasteiger partial charge in [-0.2, -0.15) is 0 Å². The molecule has 2 aromatic rings. The van der Waals surface area contributed by atoms with E-state index in [0.29, 0.717) is 12.2 Å². The molecule has 1 aromatic heterocycles. The molecule has 2 rings (SSSR count). The predicted molar refractivity (Wildman–Crippen MR) is 78.3 cm³/mol. The van der Waals surface area contributed by atoms with Gasteiger partial charge in [0.05, 0.1) is 24.1 Å². The van der Waals surface area contributed by atoms with Crippen molar-refractivity contribution < 1.29 is 4.39 Å². The first-order chi connectivity index (χ1) is 9.49. The Morgan fingerprint density at radius 2 is 2.15 bits per heavy atom. The predicted octanol–water partition coefficient (Wildman–Crippen LogP) is 2.41. The van der Waals surface area contributed by atoms with Crippen molar-refractivity contribution in [2.45, 2.75) is 26.4 Å². The monoisotopic (exact) mass is 277 g/mol. The van der Waals surface area contributed by atoms with Crippen LogP contribution in [-0.2, 0) is 13.6 Å². The Balaban J connectivity index is 2.07.